The average molecular weight is 178 g/mol. The number of aliphatic hydroxyl groups excluding tert-OH is 4. The first-order valence-electron chi connectivity index (χ1n) is 3.55. The fourth-order valence-electron chi connectivity index (χ4n) is 1.13. The smallest absolute Gasteiger partial charge is 0.252 e. The van der Waals surface area contributed by atoms with Gasteiger partial charge in [0.05, 0.1) is 0 Å². The maximum absolute atomic E-state index is 9.19. The molecule has 1 aliphatic heterocycles. The molecule has 0 aromatic rings. The number of hydroxylamine groups is 1. The monoisotopic (exact) mass is 178 g/mol. The molecule has 0 fully saturated rings. The zero-order valence-corrected chi connectivity index (χ0v) is 6.28. The molecule has 0 saturated carbocycles. The molecule has 0 saturated heterocycles. The van der Waals surface area contributed by atoms with Crippen LogP contribution in [0.25, 0.3) is 0 Å². The molecule has 4 atom stereocenters. The normalized spacial score (nSPS) is 42.5. The van der Waals surface area contributed by atoms with Crippen molar-refractivity contribution >= 4 is 6.21 Å². The zero-order valence-electron chi connectivity index (χ0n) is 6.28. The molecule has 6 heteroatoms. The fourth-order valence-corrected chi connectivity index (χ4v) is 1.13. The van der Waals surface area contributed by atoms with Gasteiger partial charge in [-0.3, -0.25) is 5.21 Å². The van der Waals surface area contributed by atoms with Crippen LogP contribution in [0.5, 0.6) is 0 Å². The van der Waals surface area contributed by atoms with Crippen LogP contribution in [-0.4, -0.2) is 67.5 Å². The average Bonchev–Trinajstić information content (AvgIpc) is 2.01. The first-order chi connectivity index (χ1) is 5.57. The highest BCUT2D eigenvalue weighted by Crippen LogP contribution is 2.10. The van der Waals surface area contributed by atoms with Crippen molar-refractivity contribution in [1.82, 2.24) is 0 Å². The van der Waals surface area contributed by atoms with Crippen LogP contribution in [-0.2, 0) is 0 Å². The molecule has 0 amide bonds. The summed E-state index contributed by atoms with van der Waals surface area (Å²) in [5, 5.41) is 44.9. The Bertz CT molecular complexity index is 194. The predicted octanol–water partition coefficient (Wildman–Crippen LogP) is -3.08. The number of hydrogen-bond donors (Lipinski definition) is 5. The van der Waals surface area contributed by atoms with Gasteiger partial charge in [0.1, 0.15) is 12.7 Å². The van der Waals surface area contributed by atoms with E-state index in [0.29, 0.717) is 4.74 Å². The number of hydrogen-bond acceptors (Lipinski definition) is 5. The molecule has 12 heavy (non-hydrogen) atoms. The molecule has 4 unspecified atom stereocenters. The molecule has 0 bridgehead atoms. The molecular formula is C6H12NO5+. The van der Waals surface area contributed by atoms with Crippen molar-refractivity contribution in [1.29, 1.82) is 0 Å². The van der Waals surface area contributed by atoms with E-state index in [2.05, 4.69) is 0 Å². The summed E-state index contributed by atoms with van der Waals surface area (Å²) in [4.78, 5) is 0. The Kier molecular flexibility index (Phi) is 2.63. The molecule has 0 radical (unpaired) electrons. The maximum Gasteiger partial charge on any atom is 0.252 e. The van der Waals surface area contributed by atoms with Crippen LogP contribution in [0, 0.1) is 0 Å². The molecule has 70 valence electrons. The van der Waals surface area contributed by atoms with Crippen molar-refractivity contribution in [3.63, 3.8) is 0 Å². The second-order valence-electron chi connectivity index (χ2n) is 2.75. The van der Waals surface area contributed by atoms with E-state index >= 15 is 0 Å². The summed E-state index contributed by atoms with van der Waals surface area (Å²) in [6.07, 6.45) is -3.11. The minimum absolute atomic E-state index is 0.502. The third-order valence-electron chi connectivity index (χ3n) is 1.93. The number of rotatable bonds is 1. The van der Waals surface area contributed by atoms with Crippen LogP contribution in [0.2, 0.25) is 0 Å². The van der Waals surface area contributed by atoms with E-state index in [4.69, 9.17) is 20.5 Å². The SMILES string of the molecule is OCC1C(O)C(O)C(O)C=[N+]1O. The van der Waals surface area contributed by atoms with Crippen molar-refractivity contribution < 1.29 is 30.4 Å². The van der Waals surface area contributed by atoms with Crippen LogP contribution in [0.15, 0.2) is 0 Å². The predicted molar refractivity (Wildman–Crippen MR) is 37.0 cm³/mol. The summed E-state index contributed by atoms with van der Waals surface area (Å²) in [6, 6.07) is -0.983. The molecule has 0 aromatic carbocycles. The van der Waals surface area contributed by atoms with Crippen molar-refractivity contribution in [2.24, 2.45) is 0 Å². The van der Waals surface area contributed by atoms with Crippen molar-refractivity contribution in [3.8, 4) is 0 Å². The van der Waals surface area contributed by atoms with Gasteiger partial charge in [-0.2, -0.15) is 0 Å². The van der Waals surface area contributed by atoms with Gasteiger partial charge in [0.15, 0.2) is 12.2 Å². The molecule has 0 spiro atoms. The largest absolute Gasteiger partial charge is 0.389 e. The summed E-state index contributed by atoms with van der Waals surface area (Å²) >= 11 is 0. The van der Waals surface area contributed by atoms with E-state index in [1.165, 1.54) is 0 Å². The van der Waals surface area contributed by atoms with Gasteiger partial charge in [0.2, 0.25) is 6.21 Å². The van der Waals surface area contributed by atoms with Crippen LogP contribution in [0.1, 0.15) is 0 Å². The van der Waals surface area contributed by atoms with E-state index < -0.39 is 31.0 Å². The summed E-state index contributed by atoms with van der Waals surface area (Å²) in [7, 11) is 0. The van der Waals surface area contributed by atoms with Gasteiger partial charge in [-0.25, -0.2) is 0 Å². The highest BCUT2D eigenvalue weighted by Gasteiger charge is 2.43. The first-order valence-corrected chi connectivity index (χ1v) is 3.55. The lowest BCUT2D eigenvalue weighted by Crippen LogP contribution is -2.56. The van der Waals surface area contributed by atoms with Gasteiger partial charge < -0.3 is 20.4 Å². The number of aliphatic hydroxyl groups is 4. The maximum atomic E-state index is 9.19. The van der Waals surface area contributed by atoms with Gasteiger partial charge in [0.25, 0.3) is 6.04 Å². The van der Waals surface area contributed by atoms with Gasteiger partial charge >= 0.3 is 0 Å². The zero-order chi connectivity index (χ0) is 9.30. The highest BCUT2D eigenvalue weighted by atomic mass is 16.5. The Morgan fingerprint density at radius 1 is 1.17 bits per heavy atom. The standard InChI is InChI=1S/C6H12NO5/c8-2-3-5(10)6(11)4(9)1-7(3)12/h1,3-6,8-12H,2H2/q+1. The minimum Gasteiger partial charge on any atom is -0.389 e. The molecule has 5 N–H and O–H groups in total. The Morgan fingerprint density at radius 3 is 2.25 bits per heavy atom. The van der Waals surface area contributed by atoms with E-state index in [1.807, 2.05) is 0 Å². The Labute approximate surface area is 68.6 Å². The Morgan fingerprint density at radius 2 is 1.75 bits per heavy atom. The third kappa shape index (κ3) is 1.42. The Hall–Kier alpha value is -0.690. The quantitative estimate of drug-likeness (QED) is 0.216. The molecular weight excluding hydrogens is 166 g/mol. The van der Waals surface area contributed by atoms with E-state index in [9.17, 15) is 5.11 Å². The second kappa shape index (κ2) is 3.36. The lowest BCUT2D eigenvalue weighted by atomic mass is 9.99. The van der Waals surface area contributed by atoms with Gasteiger partial charge in [-0.1, -0.05) is 0 Å². The molecule has 1 aliphatic rings. The van der Waals surface area contributed by atoms with E-state index in [1.54, 1.807) is 0 Å². The van der Waals surface area contributed by atoms with E-state index in [-0.39, 0.29) is 0 Å². The lowest BCUT2D eigenvalue weighted by molar-refractivity contribution is -0.806. The second-order valence-corrected chi connectivity index (χ2v) is 2.75. The van der Waals surface area contributed by atoms with Gasteiger partial charge in [0, 0.05) is 0 Å². The van der Waals surface area contributed by atoms with Crippen molar-refractivity contribution in [2.75, 3.05) is 6.61 Å². The van der Waals surface area contributed by atoms with Crippen molar-refractivity contribution in [2.45, 2.75) is 24.4 Å². The number of nitrogens with zero attached hydrogens (tertiary/aromatic N) is 1. The molecule has 6 nitrogen and oxygen atoms in total. The van der Waals surface area contributed by atoms with Crippen molar-refractivity contribution in [3.05, 3.63) is 0 Å². The van der Waals surface area contributed by atoms with Crippen LogP contribution in [0.3, 0.4) is 0 Å². The van der Waals surface area contributed by atoms with Gasteiger partial charge in [-0.05, 0) is 4.74 Å². The first kappa shape index (κ1) is 9.40. The lowest BCUT2D eigenvalue weighted by Gasteiger charge is -2.25. The van der Waals surface area contributed by atoms with Crippen LogP contribution in [0.4, 0.5) is 0 Å². The van der Waals surface area contributed by atoms with Crippen LogP contribution >= 0.6 is 0 Å². The van der Waals surface area contributed by atoms with Crippen LogP contribution < -0.4 is 0 Å². The molecule has 1 heterocycles. The minimum atomic E-state index is -1.37. The summed E-state index contributed by atoms with van der Waals surface area (Å²) in [6.45, 7) is -0.502. The molecule has 0 aliphatic carbocycles. The molecule has 1 rings (SSSR count). The Balaban J connectivity index is 2.84. The third-order valence-corrected chi connectivity index (χ3v) is 1.93. The summed E-state index contributed by atoms with van der Waals surface area (Å²) < 4.78 is 0.502. The summed E-state index contributed by atoms with van der Waals surface area (Å²) in [5.41, 5.74) is 0. The topological polar surface area (TPSA) is 104 Å². The summed E-state index contributed by atoms with van der Waals surface area (Å²) in [5.74, 6) is 0. The van der Waals surface area contributed by atoms with Gasteiger partial charge in [-0.15, -0.1) is 0 Å². The van der Waals surface area contributed by atoms with E-state index in [0.717, 1.165) is 6.21 Å². The highest BCUT2D eigenvalue weighted by molar-refractivity contribution is 5.59. The molecule has 0 aromatic heterocycles. The fraction of sp³-hybridized carbons (Fsp3) is 0.833.